The number of fused-ring (bicyclic) bond motifs is 3. The number of allylic oxidation sites excluding steroid dienone is 4. The fraction of sp³-hybridized carbons (Fsp3) is 0.367. The number of amides is 3. The van der Waals surface area contributed by atoms with E-state index in [2.05, 4.69) is 27.2 Å². The lowest BCUT2D eigenvalue weighted by Gasteiger charge is -2.43. The predicted octanol–water partition coefficient (Wildman–Crippen LogP) is 4.05. The molecule has 1 spiro atoms. The Labute approximate surface area is 235 Å². The van der Waals surface area contributed by atoms with E-state index in [1.165, 1.54) is 6.20 Å². The Kier molecular flexibility index (Phi) is 7.31. The van der Waals surface area contributed by atoms with Crippen molar-refractivity contribution >= 4 is 23.5 Å². The molecule has 1 aliphatic carbocycles. The lowest BCUT2D eigenvalue weighted by Crippen LogP contribution is -2.60. The summed E-state index contributed by atoms with van der Waals surface area (Å²) in [6.07, 6.45) is 6.14. The minimum atomic E-state index is -4.61. The number of halogens is 3. The van der Waals surface area contributed by atoms with Crippen LogP contribution in [-0.4, -0.2) is 57.4 Å². The van der Waals surface area contributed by atoms with Crippen molar-refractivity contribution in [3.05, 3.63) is 89.4 Å². The van der Waals surface area contributed by atoms with E-state index in [0.717, 1.165) is 10.5 Å². The third-order valence-corrected chi connectivity index (χ3v) is 8.16. The van der Waals surface area contributed by atoms with Crippen LogP contribution < -0.4 is 10.6 Å². The first-order valence-electron chi connectivity index (χ1n) is 13.3. The molecule has 3 aliphatic rings. The summed E-state index contributed by atoms with van der Waals surface area (Å²) < 4.78 is 40.3. The van der Waals surface area contributed by atoms with Crippen molar-refractivity contribution in [1.29, 1.82) is 0 Å². The van der Waals surface area contributed by atoms with E-state index in [1.54, 1.807) is 49.6 Å². The highest BCUT2D eigenvalue weighted by molar-refractivity contribution is 6.06. The molecule has 41 heavy (non-hydrogen) atoms. The highest BCUT2D eigenvalue weighted by atomic mass is 19.4. The van der Waals surface area contributed by atoms with Crippen molar-refractivity contribution in [2.45, 2.75) is 56.8 Å². The largest absolute Gasteiger partial charge is 0.406 e. The van der Waals surface area contributed by atoms with Crippen LogP contribution in [0.1, 0.15) is 47.4 Å². The quantitative estimate of drug-likeness (QED) is 0.515. The summed E-state index contributed by atoms with van der Waals surface area (Å²) in [6, 6.07) is 3.29. The molecule has 2 aromatic heterocycles. The smallest absolute Gasteiger partial charge is 0.340 e. The van der Waals surface area contributed by atoms with Gasteiger partial charge in [-0.3, -0.25) is 19.4 Å². The van der Waals surface area contributed by atoms with Gasteiger partial charge in [-0.15, -0.1) is 0 Å². The lowest BCUT2D eigenvalue weighted by atomic mass is 9.80. The number of alkyl halides is 3. The summed E-state index contributed by atoms with van der Waals surface area (Å²) in [7, 11) is 0. The molecule has 1 saturated heterocycles. The number of piperidine rings is 1. The molecule has 1 fully saturated rings. The van der Waals surface area contributed by atoms with E-state index in [4.69, 9.17) is 0 Å². The summed E-state index contributed by atoms with van der Waals surface area (Å²) in [5.74, 6) is -1.61. The van der Waals surface area contributed by atoms with Gasteiger partial charge in [-0.05, 0) is 50.0 Å². The van der Waals surface area contributed by atoms with Crippen molar-refractivity contribution in [3.8, 4) is 0 Å². The van der Waals surface area contributed by atoms with Crippen molar-refractivity contribution in [1.82, 2.24) is 20.2 Å². The van der Waals surface area contributed by atoms with Crippen LogP contribution in [0.5, 0.6) is 0 Å². The highest BCUT2D eigenvalue weighted by Crippen LogP contribution is 2.46. The number of anilines is 1. The van der Waals surface area contributed by atoms with Gasteiger partial charge in [-0.2, -0.15) is 13.2 Å². The molecular formula is C30H30F3N5O3. The predicted molar refractivity (Wildman–Crippen MR) is 146 cm³/mol. The number of rotatable bonds is 6. The van der Waals surface area contributed by atoms with Gasteiger partial charge in [0.2, 0.25) is 11.8 Å². The molecular weight excluding hydrogens is 535 g/mol. The minimum absolute atomic E-state index is 0.102. The van der Waals surface area contributed by atoms with Gasteiger partial charge in [0.15, 0.2) is 0 Å². The Morgan fingerprint density at radius 2 is 2.05 bits per heavy atom. The van der Waals surface area contributed by atoms with E-state index in [-0.39, 0.29) is 17.9 Å². The Hall–Kier alpha value is -4.28. The van der Waals surface area contributed by atoms with E-state index in [1.807, 2.05) is 13.0 Å². The zero-order valence-corrected chi connectivity index (χ0v) is 22.7. The SMILES string of the molecule is C=C(/C=C\C=C/C)[C@@H]1C[C@H](NC(=O)c2cnc3c(c2)C[C@@]2(C3)C(=O)Nc3ncccc32)C(=O)N(CC(F)(F)F)[C@@H]1C. The molecule has 4 atom stereocenters. The maximum absolute atomic E-state index is 13.4. The van der Waals surface area contributed by atoms with Crippen molar-refractivity contribution in [2.75, 3.05) is 11.9 Å². The number of carbonyl (C=O) groups is 3. The first-order chi connectivity index (χ1) is 19.4. The number of pyridine rings is 2. The Morgan fingerprint density at radius 1 is 1.27 bits per heavy atom. The first-order valence-corrected chi connectivity index (χ1v) is 13.3. The van der Waals surface area contributed by atoms with Gasteiger partial charge >= 0.3 is 6.18 Å². The van der Waals surface area contributed by atoms with Crippen LogP contribution in [0, 0.1) is 5.92 Å². The number of nitrogens with zero attached hydrogens (tertiary/aromatic N) is 3. The van der Waals surface area contributed by atoms with Crippen LogP contribution in [0.3, 0.4) is 0 Å². The average molecular weight is 566 g/mol. The van der Waals surface area contributed by atoms with Gasteiger partial charge in [0, 0.05) is 42.0 Å². The minimum Gasteiger partial charge on any atom is -0.340 e. The van der Waals surface area contributed by atoms with Crippen LogP contribution in [0.2, 0.25) is 0 Å². The average Bonchev–Trinajstić information content (AvgIpc) is 3.44. The fourth-order valence-electron chi connectivity index (χ4n) is 6.06. The van der Waals surface area contributed by atoms with Gasteiger partial charge in [0.1, 0.15) is 18.4 Å². The molecule has 8 nitrogen and oxygen atoms in total. The lowest BCUT2D eigenvalue weighted by molar-refractivity contribution is -0.171. The molecule has 0 unspecified atom stereocenters. The third-order valence-electron chi connectivity index (χ3n) is 8.16. The van der Waals surface area contributed by atoms with Gasteiger partial charge < -0.3 is 15.5 Å². The second kappa shape index (κ2) is 10.6. The standard InChI is InChI=1S/C30H30F3N5O3/c1-4-5-6-8-17(2)21-12-23(27(40)38(18(21)3)16-30(31,32)33)36-26(39)20-11-19-13-29(14-24(19)35-15-20)22-9-7-10-34-25(22)37-28(29)41/h4-11,15,18,21,23H,2,12-14,16H2,1,3H3,(H,36,39)(H,34,37,41)/b5-4-,8-6-/t18-,21+,23+,29+/m1/s1. The number of nitrogens with one attached hydrogen (secondary N) is 2. The summed E-state index contributed by atoms with van der Waals surface area (Å²) in [5, 5.41) is 5.46. The van der Waals surface area contributed by atoms with Crippen LogP contribution in [0.15, 0.2) is 67.0 Å². The Balaban J connectivity index is 1.37. The van der Waals surface area contributed by atoms with Crippen LogP contribution >= 0.6 is 0 Å². The number of aromatic nitrogens is 2. The fourth-order valence-corrected chi connectivity index (χ4v) is 6.06. The van der Waals surface area contributed by atoms with Gasteiger partial charge in [-0.25, -0.2) is 4.98 Å². The molecule has 214 valence electrons. The van der Waals surface area contributed by atoms with E-state index in [0.29, 0.717) is 35.5 Å². The summed E-state index contributed by atoms with van der Waals surface area (Å²) in [6.45, 7) is 5.99. The zero-order valence-electron chi connectivity index (χ0n) is 22.7. The molecule has 0 radical (unpaired) electrons. The molecule has 0 bridgehead atoms. The van der Waals surface area contributed by atoms with Crippen LogP contribution in [-0.2, 0) is 27.8 Å². The second-order valence-electron chi connectivity index (χ2n) is 10.8. The summed E-state index contributed by atoms with van der Waals surface area (Å²) >= 11 is 0. The molecule has 0 aromatic carbocycles. The normalized spacial score (nSPS) is 25.6. The number of carbonyl (C=O) groups excluding carboxylic acids is 3. The maximum atomic E-state index is 13.4. The third kappa shape index (κ3) is 5.28. The zero-order chi connectivity index (χ0) is 29.5. The topological polar surface area (TPSA) is 104 Å². The molecule has 2 aliphatic heterocycles. The number of hydrogen-bond donors (Lipinski definition) is 2. The summed E-state index contributed by atoms with van der Waals surface area (Å²) in [4.78, 5) is 48.9. The van der Waals surface area contributed by atoms with Crippen molar-refractivity contribution in [2.24, 2.45) is 5.92 Å². The molecule has 2 aromatic rings. The van der Waals surface area contributed by atoms with E-state index < -0.39 is 48.0 Å². The van der Waals surface area contributed by atoms with E-state index in [9.17, 15) is 27.6 Å². The summed E-state index contributed by atoms with van der Waals surface area (Å²) in [5.41, 5.74) is 2.01. The molecule has 4 heterocycles. The van der Waals surface area contributed by atoms with Gasteiger partial charge in [0.25, 0.3) is 5.91 Å². The monoisotopic (exact) mass is 565 g/mol. The van der Waals surface area contributed by atoms with Crippen molar-refractivity contribution < 1.29 is 27.6 Å². The van der Waals surface area contributed by atoms with Crippen LogP contribution in [0.25, 0.3) is 0 Å². The Bertz CT molecular complexity index is 1480. The number of likely N-dealkylation sites (tertiary alicyclic amines) is 1. The first kappa shape index (κ1) is 28.3. The molecule has 11 heteroatoms. The number of hydrogen-bond acceptors (Lipinski definition) is 5. The van der Waals surface area contributed by atoms with E-state index >= 15 is 0 Å². The van der Waals surface area contributed by atoms with Crippen LogP contribution in [0.4, 0.5) is 19.0 Å². The van der Waals surface area contributed by atoms with Gasteiger partial charge in [0.05, 0.1) is 11.0 Å². The Morgan fingerprint density at radius 3 is 2.78 bits per heavy atom. The highest BCUT2D eigenvalue weighted by Gasteiger charge is 2.52. The van der Waals surface area contributed by atoms with Gasteiger partial charge in [-0.1, -0.05) is 36.9 Å². The maximum Gasteiger partial charge on any atom is 0.406 e. The molecule has 2 N–H and O–H groups in total. The van der Waals surface area contributed by atoms with Crippen molar-refractivity contribution in [3.63, 3.8) is 0 Å². The second-order valence-corrected chi connectivity index (χ2v) is 10.8. The molecule has 5 rings (SSSR count). The molecule has 3 amide bonds. The molecule has 0 saturated carbocycles.